The lowest BCUT2D eigenvalue weighted by Gasteiger charge is -2.26. The summed E-state index contributed by atoms with van der Waals surface area (Å²) in [5.41, 5.74) is 0.495. The summed E-state index contributed by atoms with van der Waals surface area (Å²) in [4.78, 5) is 2.28. The summed E-state index contributed by atoms with van der Waals surface area (Å²) in [6.07, 6.45) is 3.05. The van der Waals surface area contributed by atoms with E-state index < -0.39 is 6.17 Å². The second-order valence-corrected chi connectivity index (χ2v) is 4.47. The van der Waals surface area contributed by atoms with Gasteiger partial charge in [-0.15, -0.1) is 0 Å². The van der Waals surface area contributed by atoms with Crippen molar-refractivity contribution in [2.45, 2.75) is 46.2 Å². The molecule has 1 fully saturated rings. The maximum Gasteiger partial charge on any atom is 0.110 e. The maximum atomic E-state index is 12.8. The molecule has 1 nitrogen and oxygen atoms in total. The molecule has 78 valence electrons. The monoisotopic (exact) mass is 187 g/mol. The number of halogens is 1. The van der Waals surface area contributed by atoms with Crippen molar-refractivity contribution < 1.29 is 4.39 Å². The first kappa shape index (κ1) is 11.0. The second kappa shape index (κ2) is 4.41. The minimum absolute atomic E-state index is 0.495. The molecule has 0 spiro atoms. The lowest BCUT2D eigenvalue weighted by Crippen LogP contribution is -2.30. The minimum Gasteiger partial charge on any atom is -0.300 e. The van der Waals surface area contributed by atoms with Gasteiger partial charge in [0, 0.05) is 13.1 Å². The van der Waals surface area contributed by atoms with E-state index in [0.29, 0.717) is 12.0 Å². The van der Waals surface area contributed by atoms with Gasteiger partial charge in [0.15, 0.2) is 0 Å². The predicted octanol–water partition coefficient (Wildman–Crippen LogP) is 2.86. The Bertz CT molecular complexity index is 152. The topological polar surface area (TPSA) is 3.24 Å². The third-order valence-corrected chi connectivity index (χ3v) is 3.53. The number of rotatable bonds is 4. The van der Waals surface area contributed by atoms with E-state index in [2.05, 4.69) is 18.7 Å². The highest BCUT2D eigenvalue weighted by Gasteiger charge is 2.34. The van der Waals surface area contributed by atoms with Gasteiger partial charge < -0.3 is 0 Å². The van der Waals surface area contributed by atoms with Crippen molar-refractivity contribution in [3.8, 4) is 0 Å². The van der Waals surface area contributed by atoms with Gasteiger partial charge in [-0.1, -0.05) is 13.8 Å². The van der Waals surface area contributed by atoms with Crippen LogP contribution in [-0.2, 0) is 0 Å². The number of hydrogen-bond acceptors (Lipinski definition) is 1. The summed E-state index contributed by atoms with van der Waals surface area (Å²) in [6.45, 7) is 8.99. The first-order valence-electron chi connectivity index (χ1n) is 5.48. The molecule has 1 aliphatic rings. The molecule has 13 heavy (non-hydrogen) atoms. The van der Waals surface area contributed by atoms with Gasteiger partial charge in [0.05, 0.1) is 0 Å². The Labute approximate surface area is 81.3 Å². The molecule has 0 aromatic rings. The standard InChI is InChI=1S/C11H22FN/c1-4-11(5-2)6-7-13(9-11)8-10(3)12/h10H,4-9H2,1-3H3. The molecule has 1 unspecified atom stereocenters. The summed E-state index contributed by atoms with van der Waals surface area (Å²) in [7, 11) is 0. The van der Waals surface area contributed by atoms with Crippen molar-refractivity contribution in [1.29, 1.82) is 0 Å². The van der Waals surface area contributed by atoms with Crippen LogP contribution in [0.25, 0.3) is 0 Å². The third kappa shape index (κ3) is 2.67. The van der Waals surface area contributed by atoms with Crippen molar-refractivity contribution in [2.24, 2.45) is 5.41 Å². The normalized spacial score (nSPS) is 24.9. The summed E-state index contributed by atoms with van der Waals surface area (Å²) >= 11 is 0. The van der Waals surface area contributed by atoms with E-state index in [9.17, 15) is 4.39 Å². The van der Waals surface area contributed by atoms with E-state index in [1.54, 1.807) is 6.92 Å². The Balaban J connectivity index is 2.42. The maximum absolute atomic E-state index is 12.8. The fourth-order valence-corrected chi connectivity index (χ4v) is 2.37. The third-order valence-electron chi connectivity index (χ3n) is 3.53. The molecule has 0 aliphatic carbocycles. The average Bonchev–Trinajstić information content (AvgIpc) is 2.48. The van der Waals surface area contributed by atoms with Crippen molar-refractivity contribution >= 4 is 0 Å². The second-order valence-electron chi connectivity index (χ2n) is 4.47. The number of alkyl halides is 1. The Morgan fingerprint density at radius 3 is 2.38 bits per heavy atom. The van der Waals surface area contributed by atoms with E-state index in [-0.39, 0.29) is 0 Å². The van der Waals surface area contributed by atoms with Crippen LogP contribution < -0.4 is 0 Å². The predicted molar refractivity (Wildman–Crippen MR) is 54.6 cm³/mol. The molecule has 1 aliphatic heterocycles. The van der Waals surface area contributed by atoms with E-state index in [4.69, 9.17) is 0 Å². The molecule has 0 saturated carbocycles. The highest BCUT2D eigenvalue weighted by atomic mass is 19.1. The van der Waals surface area contributed by atoms with Gasteiger partial charge >= 0.3 is 0 Å². The Morgan fingerprint density at radius 1 is 1.38 bits per heavy atom. The number of hydrogen-bond donors (Lipinski definition) is 0. The van der Waals surface area contributed by atoms with E-state index >= 15 is 0 Å². The van der Waals surface area contributed by atoms with Crippen molar-refractivity contribution in [2.75, 3.05) is 19.6 Å². The molecule has 0 aromatic heterocycles. The number of likely N-dealkylation sites (tertiary alicyclic amines) is 1. The van der Waals surface area contributed by atoms with Gasteiger partial charge in [-0.05, 0) is 38.1 Å². The lowest BCUT2D eigenvalue weighted by molar-refractivity contribution is 0.198. The molecule has 0 radical (unpaired) electrons. The van der Waals surface area contributed by atoms with E-state index in [1.165, 1.54) is 19.3 Å². The molecular weight excluding hydrogens is 165 g/mol. The first-order chi connectivity index (χ1) is 6.12. The lowest BCUT2D eigenvalue weighted by atomic mass is 9.82. The molecule has 1 heterocycles. The van der Waals surface area contributed by atoms with Gasteiger partial charge in [-0.3, -0.25) is 4.90 Å². The van der Waals surface area contributed by atoms with Gasteiger partial charge in [-0.25, -0.2) is 4.39 Å². The Kier molecular flexibility index (Phi) is 3.72. The first-order valence-corrected chi connectivity index (χ1v) is 5.48. The molecule has 1 rings (SSSR count). The molecule has 0 amide bonds. The van der Waals surface area contributed by atoms with Crippen LogP contribution in [0, 0.1) is 5.41 Å². The summed E-state index contributed by atoms with van der Waals surface area (Å²) in [6, 6.07) is 0. The van der Waals surface area contributed by atoms with Crippen LogP contribution in [0.15, 0.2) is 0 Å². The summed E-state index contributed by atoms with van der Waals surface area (Å²) in [5, 5.41) is 0. The summed E-state index contributed by atoms with van der Waals surface area (Å²) < 4.78 is 12.8. The largest absolute Gasteiger partial charge is 0.300 e. The molecule has 0 aromatic carbocycles. The Morgan fingerprint density at radius 2 is 2.00 bits per heavy atom. The quantitative estimate of drug-likeness (QED) is 0.654. The smallest absolute Gasteiger partial charge is 0.110 e. The van der Waals surface area contributed by atoms with Crippen LogP contribution in [0.2, 0.25) is 0 Å². The van der Waals surface area contributed by atoms with Crippen molar-refractivity contribution in [1.82, 2.24) is 4.90 Å². The Hall–Kier alpha value is -0.110. The molecule has 0 bridgehead atoms. The van der Waals surface area contributed by atoms with E-state index in [0.717, 1.165) is 13.1 Å². The minimum atomic E-state index is -0.676. The van der Waals surface area contributed by atoms with Crippen LogP contribution in [0.4, 0.5) is 4.39 Å². The molecular formula is C11H22FN. The zero-order valence-electron chi connectivity index (χ0n) is 9.15. The highest BCUT2D eigenvalue weighted by molar-refractivity contribution is 4.88. The van der Waals surface area contributed by atoms with E-state index in [1.807, 2.05) is 0 Å². The molecule has 1 atom stereocenters. The summed E-state index contributed by atoms with van der Waals surface area (Å²) in [5.74, 6) is 0. The fraction of sp³-hybridized carbons (Fsp3) is 1.00. The van der Waals surface area contributed by atoms with Crippen molar-refractivity contribution in [3.05, 3.63) is 0 Å². The zero-order chi connectivity index (χ0) is 9.90. The van der Waals surface area contributed by atoms with Gasteiger partial charge in [0.25, 0.3) is 0 Å². The SMILES string of the molecule is CCC1(CC)CCN(CC(C)F)C1. The van der Waals surface area contributed by atoms with Crippen LogP contribution in [0.1, 0.15) is 40.0 Å². The van der Waals surface area contributed by atoms with Crippen LogP contribution in [-0.4, -0.2) is 30.7 Å². The van der Waals surface area contributed by atoms with Crippen LogP contribution in [0.5, 0.6) is 0 Å². The van der Waals surface area contributed by atoms with Crippen molar-refractivity contribution in [3.63, 3.8) is 0 Å². The molecule has 0 N–H and O–H groups in total. The fourth-order valence-electron chi connectivity index (χ4n) is 2.37. The zero-order valence-corrected chi connectivity index (χ0v) is 9.15. The van der Waals surface area contributed by atoms with Crippen LogP contribution in [0.3, 0.4) is 0 Å². The molecule has 1 saturated heterocycles. The van der Waals surface area contributed by atoms with Crippen LogP contribution >= 0.6 is 0 Å². The van der Waals surface area contributed by atoms with Gasteiger partial charge in [-0.2, -0.15) is 0 Å². The molecule has 2 heteroatoms. The van der Waals surface area contributed by atoms with Gasteiger partial charge in [0.1, 0.15) is 6.17 Å². The highest BCUT2D eigenvalue weighted by Crippen LogP contribution is 2.36. The van der Waals surface area contributed by atoms with Gasteiger partial charge in [0.2, 0.25) is 0 Å². The number of nitrogens with zero attached hydrogens (tertiary/aromatic N) is 1. The average molecular weight is 187 g/mol.